The largest absolute Gasteiger partial charge is 0.490 e. The summed E-state index contributed by atoms with van der Waals surface area (Å²) in [6, 6.07) is 12.4. The number of ether oxygens (including phenoxy) is 2. The van der Waals surface area contributed by atoms with Gasteiger partial charge in [-0.15, -0.1) is 0 Å². The van der Waals surface area contributed by atoms with E-state index >= 15 is 0 Å². The fourth-order valence-electron chi connectivity index (χ4n) is 3.31. The Morgan fingerprint density at radius 3 is 2.46 bits per heavy atom. The Morgan fingerprint density at radius 2 is 1.80 bits per heavy atom. The number of rotatable bonds is 7. The highest BCUT2D eigenvalue weighted by Gasteiger charge is 2.35. The van der Waals surface area contributed by atoms with Crippen molar-refractivity contribution in [2.45, 2.75) is 32.7 Å². The highest BCUT2D eigenvalue weighted by atomic mass is 19.4. The van der Waals surface area contributed by atoms with Gasteiger partial charge in [-0.25, -0.2) is 4.79 Å². The molecule has 0 amide bonds. The van der Waals surface area contributed by atoms with E-state index in [0.717, 1.165) is 11.6 Å². The lowest BCUT2D eigenvalue weighted by molar-refractivity contribution is -0.139. The van der Waals surface area contributed by atoms with Crippen molar-refractivity contribution in [2.75, 3.05) is 7.11 Å². The SMILES string of the molecule is COC(=O)c1ccn(Cc2ccc(-c3noc(-c4ccc(OC(C)C)c(C(F)(F)F)c4)n3)cc2)n1. The quantitative estimate of drug-likeness (QED) is 0.330. The number of methoxy groups -OCH3 is 1. The Morgan fingerprint density at radius 1 is 1.09 bits per heavy atom. The highest BCUT2D eigenvalue weighted by Crippen LogP contribution is 2.39. The minimum Gasteiger partial charge on any atom is -0.490 e. The highest BCUT2D eigenvalue weighted by molar-refractivity contribution is 5.86. The van der Waals surface area contributed by atoms with Crippen LogP contribution < -0.4 is 4.74 Å². The van der Waals surface area contributed by atoms with Crippen LogP contribution in [0.25, 0.3) is 22.8 Å². The number of hydrogen-bond donors (Lipinski definition) is 0. The monoisotopic (exact) mass is 486 g/mol. The molecule has 4 aromatic rings. The minimum absolute atomic E-state index is 0.0439. The molecule has 0 unspecified atom stereocenters. The van der Waals surface area contributed by atoms with E-state index in [2.05, 4.69) is 20.0 Å². The van der Waals surface area contributed by atoms with Crippen LogP contribution >= 0.6 is 0 Å². The van der Waals surface area contributed by atoms with E-state index in [0.29, 0.717) is 12.1 Å². The van der Waals surface area contributed by atoms with Crippen LogP contribution in [0.3, 0.4) is 0 Å². The second-order valence-electron chi connectivity index (χ2n) is 7.89. The number of carbonyl (C=O) groups excluding carboxylic acids is 1. The van der Waals surface area contributed by atoms with Crippen LogP contribution in [0, 0.1) is 0 Å². The third kappa shape index (κ3) is 5.51. The Bertz CT molecular complexity index is 1330. The summed E-state index contributed by atoms with van der Waals surface area (Å²) in [5, 5.41) is 8.06. The number of aromatic nitrogens is 4. The molecule has 0 N–H and O–H groups in total. The standard InChI is InChI=1S/C24H21F3N4O4/c1-14(2)34-20-9-8-17(12-18(20)24(25,26)27)22-28-21(30-35-22)16-6-4-15(5-7-16)13-31-11-10-19(29-31)23(32)33-3/h4-12,14H,13H2,1-3H3. The molecule has 0 saturated carbocycles. The normalized spacial score (nSPS) is 11.6. The predicted molar refractivity (Wildman–Crippen MR) is 119 cm³/mol. The lowest BCUT2D eigenvalue weighted by Gasteiger charge is -2.16. The van der Waals surface area contributed by atoms with E-state index < -0.39 is 23.8 Å². The van der Waals surface area contributed by atoms with Crippen LogP contribution in [0.5, 0.6) is 5.75 Å². The van der Waals surface area contributed by atoms with Gasteiger partial charge in [-0.2, -0.15) is 23.3 Å². The van der Waals surface area contributed by atoms with Crippen LogP contribution in [-0.4, -0.2) is 39.1 Å². The van der Waals surface area contributed by atoms with Crippen LogP contribution in [0.1, 0.15) is 35.5 Å². The summed E-state index contributed by atoms with van der Waals surface area (Å²) in [6.07, 6.45) is -3.35. The second-order valence-corrected chi connectivity index (χ2v) is 7.89. The van der Waals surface area contributed by atoms with Crippen molar-refractivity contribution in [3.8, 4) is 28.6 Å². The average Bonchev–Trinajstić information content (AvgIpc) is 3.48. The van der Waals surface area contributed by atoms with Crippen molar-refractivity contribution in [1.29, 1.82) is 0 Å². The van der Waals surface area contributed by atoms with E-state index in [1.54, 1.807) is 42.9 Å². The zero-order valence-electron chi connectivity index (χ0n) is 19.0. The molecular weight excluding hydrogens is 465 g/mol. The first-order chi connectivity index (χ1) is 16.6. The molecule has 11 heteroatoms. The number of benzene rings is 2. The molecule has 4 rings (SSSR count). The minimum atomic E-state index is -4.61. The van der Waals surface area contributed by atoms with Gasteiger partial charge in [0.15, 0.2) is 5.69 Å². The predicted octanol–water partition coefficient (Wildman–Crippen LogP) is 5.24. The first kappa shape index (κ1) is 24.0. The van der Waals surface area contributed by atoms with E-state index in [9.17, 15) is 18.0 Å². The lowest BCUT2D eigenvalue weighted by Crippen LogP contribution is -2.13. The van der Waals surface area contributed by atoms with Gasteiger partial charge in [0.05, 0.1) is 25.3 Å². The van der Waals surface area contributed by atoms with E-state index in [4.69, 9.17) is 9.26 Å². The fourth-order valence-corrected chi connectivity index (χ4v) is 3.31. The molecule has 0 atom stereocenters. The van der Waals surface area contributed by atoms with Gasteiger partial charge in [-0.1, -0.05) is 29.4 Å². The van der Waals surface area contributed by atoms with Crippen molar-refractivity contribution in [1.82, 2.24) is 19.9 Å². The molecule has 0 spiro atoms. The van der Waals surface area contributed by atoms with Crippen molar-refractivity contribution in [3.63, 3.8) is 0 Å². The molecule has 0 aliphatic heterocycles. The summed E-state index contributed by atoms with van der Waals surface area (Å²) < 4.78 is 57.4. The molecule has 2 heterocycles. The topological polar surface area (TPSA) is 92.3 Å². The maximum absolute atomic E-state index is 13.5. The van der Waals surface area contributed by atoms with Crippen molar-refractivity contribution in [3.05, 3.63) is 71.5 Å². The summed E-state index contributed by atoms with van der Waals surface area (Å²) in [5.41, 5.74) is 0.939. The summed E-state index contributed by atoms with van der Waals surface area (Å²) >= 11 is 0. The third-order valence-electron chi connectivity index (χ3n) is 4.91. The van der Waals surface area contributed by atoms with Crippen LogP contribution in [0.4, 0.5) is 13.2 Å². The van der Waals surface area contributed by atoms with Crippen LogP contribution in [0.2, 0.25) is 0 Å². The molecule has 0 saturated heterocycles. The maximum Gasteiger partial charge on any atom is 0.419 e. The number of hydrogen-bond acceptors (Lipinski definition) is 7. The first-order valence-electron chi connectivity index (χ1n) is 10.6. The summed E-state index contributed by atoms with van der Waals surface area (Å²) in [7, 11) is 1.29. The molecule has 182 valence electrons. The van der Waals surface area contributed by atoms with Gasteiger partial charge < -0.3 is 14.0 Å². The van der Waals surface area contributed by atoms with Crippen molar-refractivity contribution in [2.24, 2.45) is 0 Å². The number of nitrogens with zero attached hydrogens (tertiary/aromatic N) is 4. The molecule has 35 heavy (non-hydrogen) atoms. The second kappa shape index (κ2) is 9.61. The van der Waals surface area contributed by atoms with Gasteiger partial charge >= 0.3 is 12.1 Å². The third-order valence-corrected chi connectivity index (χ3v) is 4.91. The van der Waals surface area contributed by atoms with Gasteiger partial charge in [-0.05, 0) is 43.7 Å². The fraction of sp³-hybridized carbons (Fsp3) is 0.250. The van der Waals surface area contributed by atoms with Crippen molar-refractivity contribution < 1.29 is 32.0 Å². The van der Waals surface area contributed by atoms with Gasteiger partial charge in [-0.3, -0.25) is 4.68 Å². The van der Waals surface area contributed by atoms with E-state index in [1.165, 1.54) is 19.2 Å². The molecular formula is C24H21F3N4O4. The van der Waals surface area contributed by atoms with E-state index in [1.807, 2.05) is 12.1 Å². The lowest BCUT2D eigenvalue weighted by atomic mass is 10.1. The van der Waals surface area contributed by atoms with Crippen LogP contribution in [-0.2, 0) is 17.5 Å². The molecule has 0 aliphatic rings. The van der Waals surface area contributed by atoms with Gasteiger partial charge in [0.2, 0.25) is 5.82 Å². The molecule has 0 bridgehead atoms. The Labute approximate surface area is 198 Å². The van der Waals surface area contributed by atoms with Gasteiger partial charge in [0.25, 0.3) is 5.89 Å². The molecule has 0 radical (unpaired) electrons. The van der Waals surface area contributed by atoms with Crippen LogP contribution in [0.15, 0.2) is 59.3 Å². The first-order valence-corrected chi connectivity index (χ1v) is 10.6. The van der Waals surface area contributed by atoms with Gasteiger partial charge in [0, 0.05) is 17.3 Å². The average molecular weight is 486 g/mol. The van der Waals surface area contributed by atoms with Gasteiger partial charge in [0.1, 0.15) is 5.75 Å². The van der Waals surface area contributed by atoms with E-state index in [-0.39, 0.29) is 28.7 Å². The number of halogens is 3. The molecule has 0 fully saturated rings. The zero-order chi connectivity index (χ0) is 25.2. The Hall–Kier alpha value is -4.15. The molecule has 0 aliphatic carbocycles. The Kier molecular flexibility index (Phi) is 6.59. The number of carbonyl (C=O) groups is 1. The molecule has 2 aromatic heterocycles. The van der Waals surface area contributed by atoms with Crippen molar-refractivity contribution >= 4 is 5.97 Å². The summed E-state index contributed by atoms with van der Waals surface area (Å²) in [5.74, 6) is -0.592. The number of alkyl halides is 3. The molecule has 2 aromatic carbocycles. The Balaban J connectivity index is 1.52. The summed E-state index contributed by atoms with van der Waals surface area (Å²) in [4.78, 5) is 15.8. The smallest absolute Gasteiger partial charge is 0.419 e. The summed E-state index contributed by atoms with van der Waals surface area (Å²) in [6.45, 7) is 3.72. The maximum atomic E-state index is 13.5. The number of esters is 1. The molecule has 8 nitrogen and oxygen atoms in total. The zero-order valence-corrected chi connectivity index (χ0v) is 19.0.